The molecule has 1 aliphatic rings. The van der Waals surface area contributed by atoms with Crippen molar-refractivity contribution in [1.29, 1.82) is 0 Å². The van der Waals surface area contributed by atoms with Crippen molar-refractivity contribution in [3.8, 4) is 0 Å². The molecule has 0 bridgehead atoms. The second-order valence-electron chi connectivity index (χ2n) is 4.64. The van der Waals surface area contributed by atoms with Crippen molar-refractivity contribution in [2.75, 3.05) is 19.6 Å². The van der Waals surface area contributed by atoms with Gasteiger partial charge < -0.3 is 20.3 Å². The van der Waals surface area contributed by atoms with Crippen LogP contribution in [0.4, 0.5) is 0 Å². The van der Waals surface area contributed by atoms with Gasteiger partial charge in [-0.05, 0) is 19.4 Å². The van der Waals surface area contributed by atoms with Gasteiger partial charge in [-0.25, -0.2) is 9.78 Å². The Morgan fingerprint density at radius 2 is 2.42 bits per heavy atom. The van der Waals surface area contributed by atoms with Gasteiger partial charge in [0.05, 0.1) is 12.2 Å². The first-order valence-corrected chi connectivity index (χ1v) is 6.40. The lowest BCUT2D eigenvalue weighted by Gasteiger charge is -2.21. The van der Waals surface area contributed by atoms with Gasteiger partial charge in [-0.15, -0.1) is 0 Å². The lowest BCUT2D eigenvalue weighted by atomic mass is 9.99. The summed E-state index contributed by atoms with van der Waals surface area (Å²) in [7, 11) is 0. The van der Waals surface area contributed by atoms with Gasteiger partial charge in [-0.1, -0.05) is 0 Å². The first kappa shape index (κ1) is 13.5. The highest BCUT2D eigenvalue weighted by atomic mass is 16.4. The molecule has 0 aromatic carbocycles. The van der Waals surface area contributed by atoms with Crippen molar-refractivity contribution in [2.45, 2.75) is 19.4 Å². The van der Waals surface area contributed by atoms with Crippen LogP contribution in [0, 0.1) is 5.92 Å². The molecule has 1 amide bonds. The summed E-state index contributed by atoms with van der Waals surface area (Å²) >= 11 is 0. The summed E-state index contributed by atoms with van der Waals surface area (Å²) in [4.78, 5) is 26.2. The normalized spacial score (nSPS) is 19.1. The van der Waals surface area contributed by atoms with Gasteiger partial charge in [0.2, 0.25) is 5.91 Å². The van der Waals surface area contributed by atoms with Gasteiger partial charge in [0, 0.05) is 25.8 Å². The standard InChI is InChI=1S/C12H18N4O3/c17-11(9-2-1-3-13-6-9)14-4-5-16-7-10(12(18)19)15-8-16/h7-9,13H,1-6H2,(H,14,17)(H,18,19)/t9-/m1/s1. The number of carbonyl (C=O) groups is 2. The maximum absolute atomic E-state index is 11.8. The van der Waals surface area contributed by atoms with E-state index in [0.29, 0.717) is 13.1 Å². The molecule has 0 spiro atoms. The fourth-order valence-corrected chi connectivity index (χ4v) is 2.12. The summed E-state index contributed by atoms with van der Waals surface area (Å²) in [5, 5.41) is 14.8. The number of amides is 1. The maximum atomic E-state index is 11.8. The number of imidazole rings is 1. The predicted molar refractivity (Wildman–Crippen MR) is 67.8 cm³/mol. The number of carbonyl (C=O) groups excluding carboxylic acids is 1. The van der Waals surface area contributed by atoms with Crippen molar-refractivity contribution in [3.63, 3.8) is 0 Å². The lowest BCUT2D eigenvalue weighted by molar-refractivity contribution is -0.125. The molecule has 0 aliphatic carbocycles. The Labute approximate surface area is 111 Å². The summed E-state index contributed by atoms with van der Waals surface area (Å²) < 4.78 is 1.66. The minimum atomic E-state index is -1.05. The molecule has 2 rings (SSSR count). The van der Waals surface area contributed by atoms with E-state index in [9.17, 15) is 9.59 Å². The first-order valence-electron chi connectivity index (χ1n) is 6.40. The Kier molecular flexibility index (Phi) is 4.51. The molecule has 104 valence electrons. The van der Waals surface area contributed by atoms with Gasteiger partial charge in [0.1, 0.15) is 0 Å². The van der Waals surface area contributed by atoms with Crippen molar-refractivity contribution in [2.24, 2.45) is 5.92 Å². The van der Waals surface area contributed by atoms with E-state index in [-0.39, 0.29) is 17.5 Å². The molecule has 3 N–H and O–H groups in total. The molecule has 1 fully saturated rings. The van der Waals surface area contributed by atoms with Gasteiger partial charge >= 0.3 is 5.97 Å². The quantitative estimate of drug-likeness (QED) is 0.680. The van der Waals surface area contributed by atoms with Crippen molar-refractivity contribution in [1.82, 2.24) is 20.2 Å². The lowest BCUT2D eigenvalue weighted by Crippen LogP contribution is -2.41. The number of carboxylic acids is 1. The zero-order valence-electron chi connectivity index (χ0n) is 10.6. The largest absolute Gasteiger partial charge is 0.476 e. The summed E-state index contributed by atoms with van der Waals surface area (Å²) in [5.41, 5.74) is 0.0165. The topological polar surface area (TPSA) is 96.2 Å². The monoisotopic (exact) mass is 266 g/mol. The Hall–Kier alpha value is -1.89. The molecule has 1 aromatic rings. The summed E-state index contributed by atoms with van der Waals surface area (Å²) in [6.45, 7) is 2.72. The summed E-state index contributed by atoms with van der Waals surface area (Å²) in [5.74, 6) is -0.937. The second kappa shape index (κ2) is 6.33. The molecule has 7 heteroatoms. The Balaban J connectivity index is 1.73. The number of hydrogen-bond donors (Lipinski definition) is 3. The van der Waals surface area contributed by atoms with Gasteiger partial charge in [0.25, 0.3) is 0 Å². The van der Waals surface area contributed by atoms with Crippen LogP contribution >= 0.6 is 0 Å². The van der Waals surface area contributed by atoms with Crippen LogP contribution in [0.5, 0.6) is 0 Å². The zero-order chi connectivity index (χ0) is 13.7. The van der Waals surface area contributed by atoms with Crippen LogP contribution in [0.3, 0.4) is 0 Å². The fraction of sp³-hybridized carbons (Fsp3) is 0.583. The Morgan fingerprint density at radius 3 is 3.05 bits per heavy atom. The molecular weight excluding hydrogens is 248 g/mol. The van der Waals surface area contributed by atoms with E-state index in [1.165, 1.54) is 12.5 Å². The minimum absolute atomic E-state index is 0.0165. The van der Waals surface area contributed by atoms with Crippen LogP contribution in [0.15, 0.2) is 12.5 Å². The molecule has 1 aromatic heterocycles. The molecule has 0 unspecified atom stereocenters. The third kappa shape index (κ3) is 3.78. The van der Waals surface area contributed by atoms with Gasteiger partial charge in [-0.3, -0.25) is 4.79 Å². The molecule has 2 heterocycles. The second-order valence-corrected chi connectivity index (χ2v) is 4.64. The van der Waals surface area contributed by atoms with Crippen LogP contribution in [0.25, 0.3) is 0 Å². The third-order valence-electron chi connectivity index (χ3n) is 3.19. The fourth-order valence-electron chi connectivity index (χ4n) is 2.12. The predicted octanol–water partition coefficient (Wildman–Crippen LogP) is -0.303. The van der Waals surface area contributed by atoms with E-state index in [0.717, 1.165) is 25.9 Å². The molecule has 1 atom stereocenters. The van der Waals surface area contributed by atoms with Crippen molar-refractivity contribution < 1.29 is 14.7 Å². The Morgan fingerprint density at radius 1 is 1.58 bits per heavy atom. The number of hydrogen-bond acceptors (Lipinski definition) is 4. The number of aromatic nitrogens is 2. The van der Waals surface area contributed by atoms with Crippen LogP contribution in [0.1, 0.15) is 23.3 Å². The average molecular weight is 266 g/mol. The Bertz CT molecular complexity index is 452. The first-order chi connectivity index (χ1) is 9.16. The van der Waals surface area contributed by atoms with E-state index < -0.39 is 5.97 Å². The summed E-state index contributed by atoms with van der Waals surface area (Å²) in [6.07, 6.45) is 4.86. The van der Waals surface area contributed by atoms with E-state index in [4.69, 9.17) is 5.11 Å². The van der Waals surface area contributed by atoms with E-state index in [1.807, 2.05) is 0 Å². The number of aromatic carboxylic acids is 1. The smallest absolute Gasteiger partial charge is 0.356 e. The van der Waals surface area contributed by atoms with Crippen molar-refractivity contribution >= 4 is 11.9 Å². The van der Waals surface area contributed by atoms with Gasteiger partial charge in [0.15, 0.2) is 5.69 Å². The number of nitrogens with zero attached hydrogens (tertiary/aromatic N) is 2. The maximum Gasteiger partial charge on any atom is 0.356 e. The van der Waals surface area contributed by atoms with Crippen LogP contribution < -0.4 is 10.6 Å². The molecule has 0 radical (unpaired) electrons. The molecule has 1 aliphatic heterocycles. The SMILES string of the molecule is O=C(O)c1cn(CCNC(=O)[C@@H]2CCCNC2)cn1. The number of nitrogens with one attached hydrogen (secondary N) is 2. The number of piperidine rings is 1. The number of rotatable bonds is 5. The molecule has 7 nitrogen and oxygen atoms in total. The van der Waals surface area contributed by atoms with E-state index >= 15 is 0 Å². The van der Waals surface area contributed by atoms with Gasteiger partial charge in [-0.2, -0.15) is 0 Å². The molecular formula is C12H18N4O3. The molecule has 19 heavy (non-hydrogen) atoms. The van der Waals surface area contributed by atoms with E-state index in [2.05, 4.69) is 15.6 Å². The number of carboxylic acid groups (broad SMARTS) is 1. The van der Waals surface area contributed by atoms with Crippen LogP contribution in [0.2, 0.25) is 0 Å². The highest BCUT2D eigenvalue weighted by Crippen LogP contribution is 2.09. The third-order valence-corrected chi connectivity index (χ3v) is 3.19. The molecule has 0 saturated carbocycles. The van der Waals surface area contributed by atoms with Crippen LogP contribution in [-0.4, -0.2) is 46.2 Å². The van der Waals surface area contributed by atoms with Crippen molar-refractivity contribution in [3.05, 3.63) is 18.2 Å². The highest BCUT2D eigenvalue weighted by molar-refractivity contribution is 5.84. The zero-order valence-corrected chi connectivity index (χ0v) is 10.6. The van der Waals surface area contributed by atoms with E-state index in [1.54, 1.807) is 4.57 Å². The van der Waals surface area contributed by atoms with Crippen LogP contribution in [-0.2, 0) is 11.3 Å². The highest BCUT2D eigenvalue weighted by Gasteiger charge is 2.20. The summed E-state index contributed by atoms with van der Waals surface area (Å²) in [6, 6.07) is 0. The minimum Gasteiger partial charge on any atom is -0.476 e. The molecule has 1 saturated heterocycles. The average Bonchev–Trinajstić information content (AvgIpc) is 2.89.